The first-order valence-corrected chi connectivity index (χ1v) is 5.74. The molecule has 0 fully saturated rings. The molecule has 0 aliphatic rings. The Hall–Kier alpha value is -0.860. The third kappa shape index (κ3) is 9.44. The van der Waals surface area contributed by atoms with Crippen molar-refractivity contribution in [2.24, 2.45) is 0 Å². The maximum atomic E-state index is 3.12. The van der Waals surface area contributed by atoms with E-state index in [0.717, 1.165) is 26.1 Å². The van der Waals surface area contributed by atoms with E-state index in [-0.39, 0.29) is 0 Å². The molecule has 0 heterocycles. The summed E-state index contributed by atoms with van der Waals surface area (Å²) in [5, 5.41) is 6.23. The molecule has 0 saturated carbocycles. The molecule has 2 heteroatoms. The Kier molecular flexibility index (Phi) is 10.6. The van der Waals surface area contributed by atoms with Crippen LogP contribution in [-0.2, 0) is 6.42 Å². The van der Waals surface area contributed by atoms with E-state index in [1.807, 2.05) is 13.1 Å². The Labute approximate surface area is 94.1 Å². The molecular weight excluding hydrogens is 184 g/mol. The maximum absolute atomic E-state index is 3.12. The SMILES string of the molecule is CCNCC.CNCCc1ccccc1. The van der Waals surface area contributed by atoms with Crippen LogP contribution in [0.1, 0.15) is 19.4 Å². The topological polar surface area (TPSA) is 24.1 Å². The van der Waals surface area contributed by atoms with Gasteiger partial charge in [-0.1, -0.05) is 44.2 Å². The molecule has 0 aromatic heterocycles. The maximum Gasteiger partial charge on any atom is -0.00114 e. The van der Waals surface area contributed by atoms with Gasteiger partial charge in [-0.15, -0.1) is 0 Å². The summed E-state index contributed by atoms with van der Waals surface area (Å²) in [4.78, 5) is 0. The van der Waals surface area contributed by atoms with Gasteiger partial charge < -0.3 is 10.6 Å². The van der Waals surface area contributed by atoms with E-state index in [4.69, 9.17) is 0 Å². The average molecular weight is 208 g/mol. The Bertz CT molecular complexity index is 207. The van der Waals surface area contributed by atoms with E-state index >= 15 is 0 Å². The molecule has 15 heavy (non-hydrogen) atoms. The van der Waals surface area contributed by atoms with Gasteiger partial charge >= 0.3 is 0 Å². The molecule has 0 radical (unpaired) electrons. The Balaban J connectivity index is 0.000000336. The molecule has 0 spiro atoms. The van der Waals surface area contributed by atoms with E-state index in [0.29, 0.717) is 0 Å². The zero-order valence-electron chi connectivity index (χ0n) is 10.2. The summed E-state index contributed by atoms with van der Waals surface area (Å²) in [5.74, 6) is 0. The Morgan fingerprint density at radius 3 is 2.00 bits per heavy atom. The molecular formula is C13H24N2. The van der Waals surface area contributed by atoms with E-state index in [2.05, 4.69) is 48.7 Å². The number of benzene rings is 1. The van der Waals surface area contributed by atoms with Gasteiger partial charge in [-0.3, -0.25) is 0 Å². The van der Waals surface area contributed by atoms with Crippen molar-refractivity contribution < 1.29 is 0 Å². The molecule has 0 bridgehead atoms. The summed E-state index contributed by atoms with van der Waals surface area (Å²) in [6, 6.07) is 10.5. The smallest absolute Gasteiger partial charge is 0.00114 e. The summed E-state index contributed by atoms with van der Waals surface area (Å²) in [5.41, 5.74) is 1.40. The van der Waals surface area contributed by atoms with Crippen LogP contribution in [0.15, 0.2) is 30.3 Å². The van der Waals surface area contributed by atoms with Gasteiger partial charge in [0, 0.05) is 0 Å². The second kappa shape index (κ2) is 11.2. The lowest BCUT2D eigenvalue weighted by molar-refractivity contribution is 0.762. The number of hydrogen-bond donors (Lipinski definition) is 2. The van der Waals surface area contributed by atoms with Gasteiger partial charge in [0.2, 0.25) is 0 Å². The van der Waals surface area contributed by atoms with Crippen molar-refractivity contribution in [2.75, 3.05) is 26.7 Å². The van der Waals surface area contributed by atoms with Crippen LogP contribution in [0.2, 0.25) is 0 Å². The van der Waals surface area contributed by atoms with Crippen LogP contribution >= 0.6 is 0 Å². The van der Waals surface area contributed by atoms with Crippen LogP contribution < -0.4 is 10.6 Å². The Morgan fingerprint density at radius 1 is 1.00 bits per heavy atom. The lowest BCUT2D eigenvalue weighted by Crippen LogP contribution is -2.09. The van der Waals surface area contributed by atoms with Gasteiger partial charge in [0.25, 0.3) is 0 Å². The van der Waals surface area contributed by atoms with E-state index in [9.17, 15) is 0 Å². The molecule has 0 aliphatic heterocycles. The molecule has 0 aliphatic carbocycles. The number of rotatable bonds is 5. The molecule has 0 unspecified atom stereocenters. The van der Waals surface area contributed by atoms with E-state index < -0.39 is 0 Å². The van der Waals surface area contributed by atoms with Gasteiger partial charge in [-0.2, -0.15) is 0 Å². The second-order valence-electron chi connectivity index (χ2n) is 3.30. The van der Waals surface area contributed by atoms with Crippen LogP contribution in [0.25, 0.3) is 0 Å². The summed E-state index contributed by atoms with van der Waals surface area (Å²) in [6.45, 7) is 7.45. The Morgan fingerprint density at radius 2 is 1.60 bits per heavy atom. The molecule has 86 valence electrons. The molecule has 1 rings (SSSR count). The molecule has 0 amide bonds. The van der Waals surface area contributed by atoms with Gasteiger partial charge in [-0.05, 0) is 38.7 Å². The number of likely N-dealkylation sites (N-methyl/N-ethyl adjacent to an activating group) is 1. The van der Waals surface area contributed by atoms with Crippen molar-refractivity contribution in [3.8, 4) is 0 Å². The van der Waals surface area contributed by atoms with Crippen LogP contribution in [0.3, 0.4) is 0 Å². The van der Waals surface area contributed by atoms with Crippen LogP contribution in [-0.4, -0.2) is 26.7 Å². The highest BCUT2D eigenvalue weighted by molar-refractivity contribution is 5.14. The summed E-state index contributed by atoms with van der Waals surface area (Å²) >= 11 is 0. The van der Waals surface area contributed by atoms with E-state index in [1.54, 1.807) is 0 Å². The molecule has 0 saturated heterocycles. The van der Waals surface area contributed by atoms with Gasteiger partial charge in [0.15, 0.2) is 0 Å². The fourth-order valence-electron chi connectivity index (χ4n) is 1.16. The second-order valence-corrected chi connectivity index (χ2v) is 3.30. The predicted octanol–water partition coefficient (Wildman–Crippen LogP) is 2.06. The highest BCUT2D eigenvalue weighted by Crippen LogP contribution is 1.97. The van der Waals surface area contributed by atoms with Crippen LogP contribution in [0, 0.1) is 0 Å². The third-order valence-corrected chi connectivity index (χ3v) is 2.01. The zero-order chi connectivity index (χ0) is 11.4. The first kappa shape index (κ1) is 14.1. The lowest BCUT2D eigenvalue weighted by atomic mass is 10.2. The van der Waals surface area contributed by atoms with Gasteiger partial charge in [-0.25, -0.2) is 0 Å². The minimum absolute atomic E-state index is 1.06. The van der Waals surface area contributed by atoms with Crippen LogP contribution in [0.4, 0.5) is 0 Å². The fraction of sp³-hybridized carbons (Fsp3) is 0.538. The minimum atomic E-state index is 1.06. The highest BCUT2D eigenvalue weighted by atomic mass is 14.8. The van der Waals surface area contributed by atoms with Crippen molar-refractivity contribution in [2.45, 2.75) is 20.3 Å². The van der Waals surface area contributed by atoms with Crippen molar-refractivity contribution in [3.05, 3.63) is 35.9 Å². The predicted molar refractivity (Wildman–Crippen MR) is 68.3 cm³/mol. The molecule has 2 nitrogen and oxygen atoms in total. The fourth-order valence-corrected chi connectivity index (χ4v) is 1.16. The third-order valence-electron chi connectivity index (χ3n) is 2.01. The molecule has 2 N–H and O–H groups in total. The number of hydrogen-bond acceptors (Lipinski definition) is 2. The molecule has 1 aromatic rings. The first-order chi connectivity index (χ1) is 7.35. The lowest BCUT2D eigenvalue weighted by Gasteiger charge is -1.97. The zero-order valence-corrected chi connectivity index (χ0v) is 10.2. The summed E-state index contributed by atoms with van der Waals surface area (Å²) in [7, 11) is 1.98. The quantitative estimate of drug-likeness (QED) is 0.774. The summed E-state index contributed by atoms with van der Waals surface area (Å²) in [6.07, 6.45) is 1.12. The first-order valence-electron chi connectivity index (χ1n) is 5.74. The average Bonchev–Trinajstić information content (AvgIpc) is 2.30. The minimum Gasteiger partial charge on any atom is -0.319 e. The largest absolute Gasteiger partial charge is 0.319 e. The molecule has 0 atom stereocenters. The van der Waals surface area contributed by atoms with Crippen molar-refractivity contribution in [1.82, 2.24) is 10.6 Å². The van der Waals surface area contributed by atoms with E-state index in [1.165, 1.54) is 5.56 Å². The van der Waals surface area contributed by atoms with Crippen molar-refractivity contribution in [3.63, 3.8) is 0 Å². The normalized spacial score (nSPS) is 9.27. The summed E-state index contributed by atoms with van der Waals surface area (Å²) < 4.78 is 0. The standard InChI is InChI=1S/C9H13N.C4H11N/c1-10-8-7-9-5-3-2-4-6-9;1-3-5-4-2/h2-6,10H,7-8H2,1H3;5H,3-4H2,1-2H3. The number of nitrogens with one attached hydrogen (secondary N) is 2. The van der Waals surface area contributed by atoms with Gasteiger partial charge in [0.1, 0.15) is 0 Å². The monoisotopic (exact) mass is 208 g/mol. The van der Waals surface area contributed by atoms with Crippen LogP contribution in [0.5, 0.6) is 0 Å². The van der Waals surface area contributed by atoms with Crippen molar-refractivity contribution >= 4 is 0 Å². The van der Waals surface area contributed by atoms with Crippen molar-refractivity contribution in [1.29, 1.82) is 0 Å². The van der Waals surface area contributed by atoms with Gasteiger partial charge in [0.05, 0.1) is 0 Å². The highest BCUT2D eigenvalue weighted by Gasteiger charge is 1.86. The molecule has 1 aromatic carbocycles.